The van der Waals surface area contributed by atoms with E-state index < -0.39 is 30.4 Å². The van der Waals surface area contributed by atoms with Crippen molar-refractivity contribution in [2.24, 2.45) is 0 Å². The largest absolute Gasteiger partial charge is 0.495 e. The highest BCUT2D eigenvalue weighted by molar-refractivity contribution is 6.10. The van der Waals surface area contributed by atoms with Gasteiger partial charge in [0, 0.05) is 40.4 Å². The number of rotatable bonds is 6. The molecule has 3 aromatic carbocycles. The number of benzene rings is 3. The van der Waals surface area contributed by atoms with Crippen LogP contribution in [0.5, 0.6) is 5.75 Å². The number of anilines is 1. The fraction of sp³-hybridized carbons (Fsp3) is 0.148. The van der Waals surface area contributed by atoms with Crippen molar-refractivity contribution < 1.29 is 23.5 Å². The Morgan fingerprint density at radius 2 is 1.81 bits per heavy atom. The standard InChI is InChI=1S/C27H22N4O5/c1-35-24-11-18-17-7-3-5-9-22(17)36-23(18)12-20(24)29-25(32)14-31-26(33)21(30-27(31)34)10-15-13-28-19-8-4-2-6-16(15)19/h2-9,11-13,21,28H,10,14H2,1H3,(H,29,32)(H,30,34)/t21-/m0/s1. The molecule has 0 aliphatic carbocycles. The number of H-pyrrole nitrogens is 1. The number of amides is 4. The molecule has 4 amide bonds. The lowest BCUT2D eigenvalue weighted by molar-refractivity contribution is -0.130. The molecule has 3 heterocycles. The summed E-state index contributed by atoms with van der Waals surface area (Å²) in [5.74, 6) is -0.531. The van der Waals surface area contributed by atoms with Crippen LogP contribution in [0.25, 0.3) is 32.8 Å². The number of para-hydroxylation sites is 2. The van der Waals surface area contributed by atoms with Crippen LogP contribution in [0.2, 0.25) is 0 Å². The lowest BCUT2D eigenvalue weighted by atomic mass is 10.1. The van der Waals surface area contributed by atoms with Crippen LogP contribution in [0.15, 0.2) is 71.3 Å². The van der Waals surface area contributed by atoms with E-state index in [0.29, 0.717) is 23.4 Å². The van der Waals surface area contributed by atoms with Gasteiger partial charge in [0.1, 0.15) is 29.5 Å². The van der Waals surface area contributed by atoms with Gasteiger partial charge in [-0.3, -0.25) is 14.5 Å². The summed E-state index contributed by atoms with van der Waals surface area (Å²) in [4.78, 5) is 42.5. The van der Waals surface area contributed by atoms with Crippen LogP contribution < -0.4 is 15.4 Å². The number of urea groups is 1. The fourth-order valence-electron chi connectivity index (χ4n) is 4.74. The first-order valence-electron chi connectivity index (χ1n) is 11.5. The van der Waals surface area contributed by atoms with E-state index in [2.05, 4.69) is 15.6 Å². The molecule has 0 saturated carbocycles. The minimum Gasteiger partial charge on any atom is -0.495 e. The van der Waals surface area contributed by atoms with E-state index in [1.165, 1.54) is 7.11 Å². The summed E-state index contributed by atoms with van der Waals surface area (Å²) in [6, 6.07) is 17.5. The van der Waals surface area contributed by atoms with Crippen LogP contribution in [-0.4, -0.2) is 47.4 Å². The molecule has 6 rings (SSSR count). The number of aromatic amines is 1. The van der Waals surface area contributed by atoms with Gasteiger partial charge < -0.3 is 24.8 Å². The van der Waals surface area contributed by atoms with Crippen molar-refractivity contribution in [1.29, 1.82) is 0 Å². The van der Waals surface area contributed by atoms with Crippen LogP contribution in [0.4, 0.5) is 10.5 Å². The number of ether oxygens (including phenoxy) is 1. The van der Waals surface area contributed by atoms with E-state index in [4.69, 9.17) is 9.15 Å². The second-order valence-electron chi connectivity index (χ2n) is 8.69. The molecule has 5 aromatic rings. The molecule has 36 heavy (non-hydrogen) atoms. The van der Waals surface area contributed by atoms with Crippen molar-refractivity contribution in [2.45, 2.75) is 12.5 Å². The van der Waals surface area contributed by atoms with E-state index in [1.807, 2.05) is 54.7 Å². The van der Waals surface area contributed by atoms with Crippen molar-refractivity contribution in [1.82, 2.24) is 15.2 Å². The molecule has 1 fully saturated rings. The topological polar surface area (TPSA) is 117 Å². The summed E-state index contributed by atoms with van der Waals surface area (Å²) in [5, 5.41) is 8.22. The van der Waals surface area contributed by atoms with Crippen LogP contribution in [0.3, 0.4) is 0 Å². The number of nitrogens with zero attached hydrogens (tertiary/aromatic N) is 1. The van der Waals surface area contributed by atoms with Crippen molar-refractivity contribution in [2.75, 3.05) is 19.0 Å². The Morgan fingerprint density at radius 1 is 1.03 bits per heavy atom. The van der Waals surface area contributed by atoms with Crippen molar-refractivity contribution in [3.63, 3.8) is 0 Å². The van der Waals surface area contributed by atoms with E-state index in [-0.39, 0.29) is 0 Å². The first kappa shape index (κ1) is 21.7. The smallest absolute Gasteiger partial charge is 0.325 e. The molecule has 1 atom stereocenters. The number of methoxy groups -OCH3 is 1. The number of furan rings is 1. The molecule has 1 saturated heterocycles. The normalized spacial score (nSPS) is 15.7. The van der Waals surface area contributed by atoms with Crippen LogP contribution >= 0.6 is 0 Å². The Bertz CT molecular complexity index is 1670. The van der Waals surface area contributed by atoms with Crippen molar-refractivity contribution in [3.8, 4) is 5.75 Å². The zero-order valence-electron chi connectivity index (χ0n) is 19.3. The molecular formula is C27H22N4O5. The van der Waals surface area contributed by atoms with Gasteiger partial charge in [-0.15, -0.1) is 0 Å². The number of carbonyl (C=O) groups excluding carboxylic acids is 3. The van der Waals surface area contributed by atoms with Gasteiger partial charge in [-0.2, -0.15) is 0 Å². The Morgan fingerprint density at radius 3 is 2.64 bits per heavy atom. The number of nitrogens with one attached hydrogen (secondary N) is 3. The van der Waals surface area contributed by atoms with E-state index >= 15 is 0 Å². The number of fused-ring (bicyclic) bond motifs is 4. The molecule has 0 unspecified atom stereocenters. The quantitative estimate of drug-likeness (QED) is 0.314. The Labute approximate surface area is 205 Å². The Hall–Kier alpha value is -4.79. The summed E-state index contributed by atoms with van der Waals surface area (Å²) in [6.07, 6.45) is 2.16. The number of carbonyl (C=O) groups is 3. The van der Waals surface area contributed by atoms with Gasteiger partial charge in [0.2, 0.25) is 5.91 Å². The molecule has 0 bridgehead atoms. The molecule has 3 N–H and O–H groups in total. The van der Waals surface area contributed by atoms with Gasteiger partial charge in [0.05, 0.1) is 12.8 Å². The van der Waals surface area contributed by atoms with Crippen molar-refractivity contribution >= 4 is 56.4 Å². The highest BCUT2D eigenvalue weighted by Gasteiger charge is 2.39. The van der Waals surface area contributed by atoms with Gasteiger partial charge in [-0.25, -0.2) is 4.79 Å². The SMILES string of the molecule is COc1cc2c(cc1NC(=O)CN1C(=O)N[C@@H](Cc3c[nH]c4ccccc34)C1=O)oc1ccccc12. The Kier molecular flexibility index (Phi) is 5.10. The van der Waals surface area contributed by atoms with E-state index in [9.17, 15) is 14.4 Å². The zero-order valence-corrected chi connectivity index (χ0v) is 19.3. The first-order chi connectivity index (χ1) is 17.5. The summed E-state index contributed by atoms with van der Waals surface area (Å²) < 4.78 is 11.4. The number of hydrogen-bond acceptors (Lipinski definition) is 5. The molecule has 2 aromatic heterocycles. The van der Waals surface area contributed by atoms with Gasteiger partial charge >= 0.3 is 6.03 Å². The van der Waals surface area contributed by atoms with Gasteiger partial charge in [0.15, 0.2) is 0 Å². The summed E-state index contributed by atoms with van der Waals surface area (Å²) in [7, 11) is 1.51. The third kappa shape index (κ3) is 3.61. The van der Waals surface area contributed by atoms with Gasteiger partial charge in [-0.1, -0.05) is 36.4 Å². The van der Waals surface area contributed by atoms with Gasteiger partial charge in [0.25, 0.3) is 5.91 Å². The second-order valence-corrected chi connectivity index (χ2v) is 8.69. The molecule has 0 radical (unpaired) electrons. The third-order valence-electron chi connectivity index (χ3n) is 6.48. The molecule has 9 heteroatoms. The number of imide groups is 1. The summed E-state index contributed by atoms with van der Waals surface area (Å²) in [6.45, 7) is -0.420. The molecule has 1 aliphatic heterocycles. The Balaban J connectivity index is 1.19. The molecular weight excluding hydrogens is 460 g/mol. The van der Waals surface area contributed by atoms with E-state index in [1.54, 1.807) is 12.1 Å². The average Bonchev–Trinajstić information content (AvgIpc) is 3.53. The molecule has 180 valence electrons. The maximum Gasteiger partial charge on any atom is 0.325 e. The minimum absolute atomic E-state index is 0.323. The molecule has 9 nitrogen and oxygen atoms in total. The molecule has 1 aliphatic rings. The first-order valence-corrected chi connectivity index (χ1v) is 11.5. The summed E-state index contributed by atoms with van der Waals surface area (Å²) in [5.41, 5.74) is 3.56. The summed E-state index contributed by atoms with van der Waals surface area (Å²) >= 11 is 0. The number of hydrogen-bond donors (Lipinski definition) is 3. The predicted octanol–water partition coefficient (Wildman–Crippen LogP) is 4.18. The second kappa shape index (κ2) is 8.46. The maximum atomic E-state index is 13.0. The van der Waals surface area contributed by atoms with Gasteiger partial charge in [-0.05, 0) is 23.8 Å². The van der Waals surface area contributed by atoms with Crippen molar-refractivity contribution in [3.05, 3.63) is 72.4 Å². The van der Waals surface area contributed by atoms with Crippen LogP contribution in [0.1, 0.15) is 5.56 Å². The third-order valence-corrected chi connectivity index (χ3v) is 6.48. The minimum atomic E-state index is -0.744. The maximum absolute atomic E-state index is 13.0. The average molecular weight is 482 g/mol. The van der Waals surface area contributed by atoms with Crippen LogP contribution in [0, 0.1) is 0 Å². The zero-order chi connectivity index (χ0) is 24.8. The van der Waals surface area contributed by atoms with E-state index in [0.717, 1.165) is 37.7 Å². The highest BCUT2D eigenvalue weighted by atomic mass is 16.5. The monoisotopic (exact) mass is 482 g/mol. The molecule has 0 spiro atoms. The fourth-order valence-corrected chi connectivity index (χ4v) is 4.74. The lowest BCUT2D eigenvalue weighted by Crippen LogP contribution is -2.38. The lowest BCUT2D eigenvalue weighted by Gasteiger charge is -2.14. The predicted molar refractivity (Wildman–Crippen MR) is 135 cm³/mol. The highest BCUT2D eigenvalue weighted by Crippen LogP contribution is 2.36. The number of aromatic nitrogens is 1. The van der Waals surface area contributed by atoms with Crippen LogP contribution in [-0.2, 0) is 16.0 Å².